The van der Waals surface area contributed by atoms with Gasteiger partial charge in [0.15, 0.2) is 5.65 Å². The third-order valence-electron chi connectivity index (χ3n) is 3.56. The fourth-order valence-electron chi connectivity index (χ4n) is 2.44. The van der Waals surface area contributed by atoms with Gasteiger partial charge in [-0.05, 0) is 31.2 Å². The van der Waals surface area contributed by atoms with E-state index in [1.54, 1.807) is 18.6 Å². The molecular formula is C16H12N6OS. The highest BCUT2D eigenvalue weighted by Gasteiger charge is 2.15. The number of aromatic nitrogens is 5. The smallest absolute Gasteiger partial charge is 0.341 e. The number of carbonyl (C=O) groups is 1. The zero-order valence-corrected chi connectivity index (χ0v) is 13.5. The molecule has 0 aliphatic carbocycles. The third kappa shape index (κ3) is 2.33. The normalized spacial score (nSPS) is 11.0. The highest BCUT2D eigenvalue weighted by atomic mass is 32.1. The van der Waals surface area contributed by atoms with Crippen LogP contribution in [0.5, 0.6) is 0 Å². The van der Waals surface area contributed by atoms with Crippen LogP contribution in [0.25, 0.3) is 32.2 Å². The number of aryl methyl sites for hydroxylation is 1. The van der Waals surface area contributed by atoms with Gasteiger partial charge in [-0.3, -0.25) is 4.98 Å². The molecule has 118 valence electrons. The predicted molar refractivity (Wildman–Crippen MR) is 91.6 cm³/mol. The molecule has 0 aromatic carbocycles. The molecule has 0 saturated carbocycles. The average molecular weight is 336 g/mol. The first-order valence-electron chi connectivity index (χ1n) is 7.16. The van der Waals surface area contributed by atoms with E-state index >= 15 is 0 Å². The van der Waals surface area contributed by atoms with E-state index in [4.69, 9.17) is 5.73 Å². The summed E-state index contributed by atoms with van der Waals surface area (Å²) in [6.07, 6.45) is 5.07. The lowest BCUT2D eigenvalue weighted by Crippen LogP contribution is -2.20. The van der Waals surface area contributed by atoms with Crippen LogP contribution < -0.4 is 5.73 Å². The van der Waals surface area contributed by atoms with Gasteiger partial charge in [-0.1, -0.05) is 0 Å². The third-order valence-corrected chi connectivity index (χ3v) is 4.79. The second kappa shape index (κ2) is 5.50. The van der Waals surface area contributed by atoms with E-state index in [0.717, 1.165) is 36.9 Å². The van der Waals surface area contributed by atoms with Crippen LogP contribution in [0.15, 0.2) is 42.9 Å². The summed E-state index contributed by atoms with van der Waals surface area (Å²) in [5.41, 5.74) is 8.33. The first-order valence-corrected chi connectivity index (χ1v) is 7.98. The molecule has 0 bridgehead atoms. The van der Waals surface area contributed by atoms with Crippen LogP contribution in [-0.4, -0.2) is 30.8 Å². The maximum atomic E-state index is 11.4. The van der Waals surface area contributed by atoms with Gasteiger partial charge in [-0.2, -0.15) is 9.78 Å². The predicted octanol–water partition coefficient (Wildman–Crippen LogP) is 2.85. The molecule has 0 fully saturated rings. The minimum atomic E-state index is -0.660. The summed E-state index contributed by atoms with van der Waals surface area (Å²) >= 11 is 1.53. The number of amides is 1. The number of hydrogen-bond donors (Lipinski definition) is 1. The van der Waals surface area contributed by atoms with Crippen molar-refractivity contribution >= 4 is 28.4 Å². The number of rotatable bonds is 2. The number of nitrogens with two attached hydrogens (primary N) is 1. The quantitative estimate of drug-likeness (QED) is 0.607. The number of thiazole rings is 1. The monoisotopic (exact) mass is 336 g/mol. The average Bonchev–Trinajstić information content (AvgIpc) is 3.18. The Morgan fingerprint density at radius 1 is 1.21 bits per heavy atom. The van der Waals surface area contributed by atoms with E-state index in [2.05, 4.69) is 20.1 Å². The fourth-order valence-corrected chi connectivity index (χ4v) is 3.46. The lowest BCUT2D eigenvalue weighted by atomic mass is 10.2. The van der Waals surface area contributed by atoms with Gasteiger partial charge in [0.05, 0.1) is 22.5 Å². The van der Waals surface area contributed by atoms with Crippen LogP contribution in [0.3, 0.4) is 0 Å². The van der Waals surface area contributed by atoms with Crippen LogP contribution in [-0.2, 0) is 0 Å². The molecular weight excluding hydrogens is 324 g/mol. The summed E-state index contributed by atoms with van der Waals surface area (Å²) in [6.45, 7) is 1.93. The Balaban J connectivity index is 1.84. The SMILES string of the molecule is Cc1nc(-c2cccnc2)sc1-c1ccc2cnn(C(N)=O)c2n1. The van der Waals surface area contributed by atoms with Crippen molar-refractivity contribution in [2.24, 2.45) is 5.73 Å². The first-order chi connectivity index (χ1) is 11.6. The molecule has 0 aliphatic rings. The molecule has 2 N–H and O–H groups in total. The van der Waals surface area contributed by atoms with Crippen molar-refractivity contribution in [3.8, 4) is 21.1 Å². The molecule has 4 aromatic heterocycles. The van der Waals surface area contributed by atoms with Crippen molar-refractivity contribution < 1.29 is 4.79 Å². The molecule has 0 aliphatic heterocycles. The van der Waals surface area contributed by atoms with E-state index in [0.29, 0.717) is 5.65 Å². The van der Waals surface area contributed by atoms with Gasteiger partial charge < -0.3 is 5.73 Å². The van der Waals surface area contributed by atoms with Crippen molar-refractivity contribution in [3.05, 3.63) is 48.5 Å². The molecule has 8 heteroatoms. The Labute approximate surface area is 140 Å². The second-order valence-electron chi connectivity index (χ2n) is 5.18. The summed E-state index contributed by atoms with van der Waals surface area (Å²) in [7, 11) is 0. The maximum absolute atomic E-state index is 11.4. The molecule has 7 nitrogen and oxygen atoms in total. The number of carbonyl (C=O) groups excluding carboxylic acids is 1. The van der Waals surface area contributed by atoms with E-state index in [-0.39, 0.29) is 0 Å². The molecule has 0 atom stereocenters. The number of pyridine rings is 2. The number of hydrogen-bond acceptors (Lipinski definition) is 6. The van der Waals surface area contributed by atoms with Crippen molar-refractivity contribution in [2.45, 2.75) is 6.92 Å². The fraction of sp³-hybridized carbons (Fsp3) is 0.0625. The number of primary amides is 1. The second-order valence-corrected chi connectivity index (χ2v) is 6.18. The number of nitrogens with zero attached hydrogens (tertiary/aromatic N) is 5. The summed E-state index contributed by atoms with van der Waals surface area (Å²) in [5, 5.41) is 5.60. The molecule has 0 radical (unpaired) electrons. The van der Waals surface area contributed by atoms with Crippen molar-refractivity contribution in [3.63, 3.8) is 0 Å². The molecule has 24 heavy (non-hydrogen) atoms. The van der Waals surface area contributed by atoms with Crippen molar-refractivity contribution in [1.82, 2.24) is 24.7 Å². The Bertz CT molecular complexity index is 1050. The molecule has 1 amide bonds. The standard InChI is InChI=1S/C16H12N6OS/c1-9-13(24-15(20-9)11-3-2-6-18-7-11)12-5-4-10-8-19-22(16(17)23)14(10)21-12/h2-8H,1H3,(H2,17,23). The highest BCUT2D eigenvalue weighted by Crippen LogP contribution is 2.34. The molecule has 0 spiro atoms. The first kappa shape index (κ1) is 14.5. The van der Waals surface area contributed by atoms with Crippen molar-refractivity contribution in [2.75, 3.05) is 0 Å². The van der Waals surface area contributed by atoms with Crippen molar-refractivity contribution in [1.29, 1.82) is 0 Å². The zero-order chi connectivity index (χ0) is 16.7. The van der Waals surface area contributed by atoms with Gasteiger partial charge in [-0.15, -0.1) is 11.3 Å². The summed E-state index contributed by atoms with van der Waals surface area (Å²) in [4.78, 5) is 25.7. The molecule has 4 rings (SSSR count). The Kier molecular flexibility index (Phi) is 3.31. The lowest BCUT2D eigenvalue weighted by molar-refractivity contribution is 0.248. The van der Waals surface area contributed by atoms with E-state index < -0.39 is 6.03 Å². The lowest BCUT2D eigenvalue weighted by Gasteiger charge is -2.00. The minimum Gasteiger partial charge on any atom is -0.350 e. The number of fused-ring (bicyclic) bond motifs is 1. The van der Waals surface area contributed by atoms with Crippen LogP contribution in [0.1, 0.15) is 5.69 Å². The van der Waals surface area contributed by atoms with Gasteiger partial charge >= 0.3 is 6.03 Å². The summed E-state index contributed by atoms with van der Waals surface area (Å²) in [6, 6.07) is 6.94. The molecule has 4 aromatic rings. The van der Waals surface area contributed by atoms with E-state index in [9.17, 15) is 4.79 Å². The van der Waals surface area contributed by atoms with Gasteiger partial charge in [0, 0.05) is 23.3 Å². The zero-order valence-electron chi connectivity index (χ0n) is 12.7. The van der Waals surface area contributed by atoms with E-state index in [1.165, 1.54) is 11.3 Å². The minimum absolute atomic E-state index is 0.440. The summed E-state index contributed by atoms with van der Waals surface area (Å²) < 4.78 is 1.09. The molecule has 4 heterocycles. The topological polar surface area (TPSA) is 99.6 Å². The van der Waals surface area contributed by atoms with Gasteiger partial charge in [0.1, 0.15) is 5.01 Å². The maximum Gasteiger partial charge on any atom is 0.341 e. The highest BCUT2D eigenvalue weighted by molar-refractivity contribution is 7.18. The Morgan fingerprint density at radius 2 is 2.08 bits per heavy atom. The Morgan fingerprint density at radius 3 is 2.83 bits per heavy atom. The largest absolute Gasteiger partial charge is 0.350 e. The van der Waals surface area contributed by atoms with Crippen LogP contribution in [0.2, 0.25) is 0 Å². The molecule has 0 unspecified atom stereocenters. The Hall–Kier alpha value is -3.13. The van der Waals surface area contributed by atoms with Crippen LogP contribution in [0.4, 0.5) is 4.79 Å². The van der Waals surface area contributed by atoms with Crippen LogP contribution in [0, 0.1) is 6.92 Å². The van der Waals surface area contributed by atoms with E-state index in [1.807, 2.05) is 31.2 Å². The van der Waals surface area contributed by atoms with Gasteiger partial charge in [0.2, 0.25) is 0 Å². The van der Waals surface area contributed by atoms with Gasteiger partial charge in [0.25, 0.3) is 0 Å². The summed E-state index contributed by atoms with van der Waals surface area (Å²) in [5.74, 6) is 0. The van der Waals surface area contributed by atoms with Crippen LogP contribution >= 0.6 is 11.3 Å². The van der Waals surface area contributed by atoms with Gasteiger partial charge in [-0.25, -0.2) is 14.8 Å². The molecule has 0 saturated heterocycles.